The van der Waals surface area contributed by atoms with Crippen LogP contribution in [0.4, 0.5) is 4.39 Å². The summed E-state index contributed by atoms with van der Waals surface area (Å²) in [5.41, 5.74) is 1.40. The molecule has 0 amide bonds. The number of hydrogen-bond acceptors (Lipinski definition) is 5. The highest BCUT2D eigenvalue weighted by Gasteiger charge is 2.20. The highest BCUT2D eigenvalue weighted by molar-refractivity contribution is 7.98. The van der Waals surface area contributed by atoms with Gasteiger partial charge in [0.1, 0.15) is 0 Å². The summed E-state index contributed by atoms with van der Waals surface area (Å²) in [5, 5.41) is 1.22. The fraction of sp³-hybridized carbons (Fsp3) is 0.333. The second-order valence-electron chi connectivity index (χ2n) is 6.72. The zero-order valence-corrected chi connectivity index (χ0v) is 16.4. The van der Waals surface area contributed by atoms with Crippen LogP contribution in [0.3, 0.4) is 0 Å². The van der Waals surface area contributed by atoms with E-state index in [1.807, 2.05) is 24.3 Å². The monoisotopic (exact) mass is 400 g/mol. The van der Waals surface area contributed by atoms with Gasteiger partial charge in [0.05, 0.1) is 30.7 Å². The Morgan fingerprint density at radius 3 is 2.93 bits per heavy atom. The van der Waals surface area contributed by atoms with Crippen molar-refractivity contribution in [2.45, 2.75) is 36.4 Å². The molecule has 0 spiro atoms. The van der Waals surface area contributed by atoms with Crippen LogP contribution in [-0.2, 0) is 17.0 Å². The molecule has 2 aromatic carbocycles. The van der Waals surface area contributed by atoms with Gasteiger partial charge in [-0.2, -0.15) is 0 Å². The number of halogens is 1. The quantitative estimate of drug-likeness (QED) is 0.462. The van der Waals surface area contributed by atoms with Gasteiger partial charge in [-0.3, -0.25) is 9.36 Å². The van der Waals surface area contributed by atoms with Crippen LogP contribution >= 0.6 is 11.8 Å². The molecule has 1 fully saturated rings. The third kappa shape index (κ3) is 3.91. The fourth-order valence-corrected chi connectivity index (χ4v) is 4.31. The van der Waals surface area contributed by atoms with Gasteiger partial charge in [-0.25, -0.2) is 9.37 Å². The zero-order valence-electron chi connectivity index (χ0n) is 15.6. The van der Waals surface area contributed by atoms with E-state index in [0.29, 0.717) is 28.4 Å². The first-order valence-electron chi connectivity index (χ1n) is 9.22. The number of hydrogen-bond donors (Lipinski definition) is 0. The average Bonchev–Trinajstić information content (AvgIpc) is 3.22. The molecule has 7 heteroatoms. The van der Waals surface area contributed by atoms with Gasteiger partial charge >= 0.3 is 0 Å². The maximum atomic E-state index is 14.0. The standard InChI is InChI=1S/C21H21FN2O3S/c1-26-19-9-8-14(11-17(19)22)13-28-21-23-18-7-3-2-6-16(18)20(25)24(21)12-15-5-4-10-27-15/h2-3,6-9,11,15H,4-5,10,12-13H2,1H3/t15-/m0/s1. The molecular weight excluding hydrogens is 379 g/mol. The molecule has 1 aliphatic rings. The Bertz CT molecular complexity index is 1050. The molecule has 1 aromatic heterocycles. The van der Waals surface area contributed by atoms with Crippen molar-refractivity contribution in [1.29, 1.82) is 0 Å². The summed E-state index contributed by atoms with van der Waals surface area (Å²) in [5.74, 6) is 0.314. The molecule has 1 atom stereocenters. The van der Waals surface area contributed by atoms with Gasteiger partial charge in [0.2, 0.25) is 0 Å². The SMILES string of the molecule is COc1ccc(CSc2nc3ccccc3c(=O)n2C[C@@H]2CCCO2)cc1F. The van der Waals surface area contributed by atoms with E-state index in [0.717, 1.165) is 25.0 Å². The molecular formula is C21H21FN2O3S. The zero-order chi connectivity index (χ0) is 19.5. The molecule has 0 bridgehead atoms. The molecule has 1 saturated heterocycles. The van der Waals surface area contributed by atoms with Gasteiger partial charge in [0.25, 0.3) is 5.56 Å². The minimum absolute atomic E-state index is 0.0263. The third-order valence-electron chi connectivity index (χ3n) is 4.82. The molecule has 2 heterocycles. The Labute approximate surface area is 166 Å². The number of fused-ring (bicyclic) bond motifs is 1. The average molecular weight is 400 g/mol. The highest BCUT2D eigenvalue weighted by Crippen LogP contribution is 2.26. The summed E-state index contributed by atoms with van der Waals surface area (Å²) in [6.45, 7) is 1.21. The van der Waals surface area contributed by atoms with Crippen molar-refractivity contribution < 1.29 is 13.9 Å². The Kier molecular flexibility index (Phi) is 5.64. The minimum Gasteiger partial charge on any atom is -0.494 e. The second-order valence-corrected chi connectivity index (χ2v) is 7.66. The van der Waals surface area contributed by atoms with E-state index in [2.05, 4.69) is 0 Å². The summed E-state index contributed by atoms with van der Waals surface area (Å²) in [4.78, 5) is 17.8. The van der Waals surface area contributed by atoms with E-state index in [4.69, 9.17) is 14.5 Å². The molecule has 4 rings (SSSR count). The summed E-state index contributed by atoms with van der Waals surface area (Å²) in [7, 11) is 1.44. The van der Waals surface area contributed by atoms with Crippen molar-refractivity contribution in [3.05, 3.63) is 64.2 Å². The van der Waals surface area contributed by atoms with Gasteiger partial charge in [-0.1, -0.05) is 30.0 Å². The van der Waals surface area contributed by atoms with Crippen LogP contribution in [0.1, 0.15) is 18.4 Å². The summed E-state index contributed by atoms with van der Waals surface area (Å²) in [6, 6.07) is 12.2. The van der Waals surface area contributed by atoms with Gasteiger partial charge < -0.3 is 9.47 Å². The maximum absolute atomic E-state index is 14.0. The number of thioether (sulfide) groups is 1. The molecule has 28 heavy (non-hydrogen) atoms. The topological polar surface area (TPSA) is 53.3 Å². The summed E-state index contributed by atoms with van der Waals surface area (Å²) >= 11 is 1.42. The van der Waals surface area contributed by atoms with Crippen LogP contribution in [0.5, 0.6) is 5.75 Å². The summed E-state index contributed by atoms with van der Waals surface area (Å²) < 4.78 is 26.4. The molecule has 1 aliphatic heterocycles. The van der Waals surface area contributed by atoms with Gasteiger partial charge in [0.15, 0.2) is 16.7 Å². The first kappa shape index (κ1) is 19.0. The number of para-hydroxylation sites is 1. The van der Waals surface area contributed by atoms with E-state index < -0.39 is 5.82 Å². The number of nitrogens with zero attached hydrogens (tertiary/aromatic N) is 2. The van der Waals surface area contributed by atoms with Crippen molar-refractivity contribution in [3.63, 3.8) is 0 Å². The maximum Gasteiger partial charge on any atom is 0.262 e. The number of methoxy groups -OCH3 is 1. The lowest BCUT2D eigenvalue weighted by molar-refractivity contribution is 0.0937. The van der Waals surface area contributed by atoms with Crippen LogP contribution in [0.25, 0.3) is 10.9 Å². The van der Waals surface area contributed by atoms with Gasteiger partial charge in [-0.15, -0.1) is 0 Å². The lowest BCUT2D eigenvalue weighted by Crippen LogP contribution is -2.28. The van der Waals surface area contributed by atoms with Crippen LogP contribution in [-0.4, -0.2) is 29.4 Å². The largest absolute Gasteiger partial charge is 0.494 e. The predicted molar refractivity (Wildman–Crippen MR) is 107 cm³/mol. The van der Waals surface area contributed by atoms with Crippen LogP contribution < -0.4 is 10.3 Å². The predicted octanol–water partition coefficient (Wildman–Crippen LogP) is 4.02. The number of rotatable bonds is 6. The van der Waals surface area contributed by atoms with E-state index in [9.17, 15) is 9.18 Å². The molecule has 0 aliphatic carbocycles. The number of ether oxygens (including phenoxy) is 2. The first-order chi connectivity index (χ1) is 13.7. The van der Waals surface area contributed by atoms with Crippen LogP contribution in [0, 0.1) is 5.82 Å². The molecule has 0 radical (unpaired) electrons. The molecule has 5 nitrogen and oxygen atoms in total. The lowest BCUT2D eigenvalue weighted by atomic mass is 10.2. The molecule has 146 valence electrons. The second kappa shape index (κ2) is 8.32. The van der Waals surface area contributed by atoms with Crippen molar-refractivity contribution in [2.75, 3.05) is 13.7 Å². The normalized spacial score (nSPS) is 16.6. The Hall–Kier alpha value is -2.38. The smallest absolute Gasteiger partial charge is 0.262 e. The number of benzene rings is 2. The molecule has 3 aromatic rings. The number of aromatic nitrogens is 2. The highest BCUT2D eigenvalue weighted by atomic mass is 32.2. The Balaban J connectivity index is 1.66. The van der Waals surface area contributed by atoms with E-state index in [-0.39, 0.29) is 17.4 Å². The van der Waals surface area contributed by atoms with Crippen LogP contribution in [0.2, 0.25) is 0 Å². The molecule has 0 saturated carbocycles. The van der Waals surface area contributed by atoms with Crippen molar-refractivity contribution in [2.24, 2.45) is 0 Å². The van der Waals surface area contributed by atoms with E-state index >= 15 is 0 Å². The van der Waals surface area contributed by atoms with Crippen molar-refractivity contribution in [1.82, 2.24) is 9.55 Å². The fourth-order valence-electron chi connectivity index (χ4n) is 3.36. The van der Waals surface area contributed by atoms with Gasteiger partial charge in [0, 0.05) is 12.4 Å². The third-order valence-corrected chi connectivity index (χ3v) is 5.87. The van der Waals surface area contributed by atoms with E-state index in [1.165, 1.54) is 24.9 Å². The lowest BCUT2D eigenvalue weighted by Gasteiger charge is -2.16. The molecule has 0 unspecified atom stereocenters. The van der Waals surface area contributed by atoms with Crippen molar-refractivity contribution >= 4 is 22.7 Å². The minimum atomic E-state index is -0.399. The van der Waals surface area contributed by atoms with E-state index in [1.54, 1.807) is 16.7 Å². The van der Waals surface area contributed by atoms with Crippen molar-refractivity contribution in [3.8, 4) is 5.75 Å². The Morgan fingerprint density at radius 1 is 1.32 bits per heavy atom. The van der Waals surface area contributed by atoms with Crippen LogP contribution in [0.15, 0.2) is 52.4 Å². The molecule has 0 N–H and O–H groups in total. The Morgan fingerprint density at radius 2 is 2.18 bits per heavy atom. The first-order valence-corrected chi connectivity index (χ1v) is 10.2. The van der Waals surface area contributed by atoms with Gasteiger partial charge in [-0.05, 0) is 42.7 Å². The summed E-state index contributed by atoms with van der Waals surface area (Å²) in [6.07, 6.45) is 1.97.